The molecule has 4 aliphatic rings. The molecule has 300 valence electrons. The van der Waals surface area contributed by atoms with Gasteiger partial charge in [-0.15, -0.1) is 36.4 Å². The Morgan fingerprint density at radius 1 is 0.741 bits per heavy atom. The molecule has 58 heavy (non-hydrogen) atoms. The van der Waals surface area contributed by atoms with Crippen LogP contribution in [0.4, 0.5) is 57.9 Å². The third kappa shape index (κ3) is 5.64. The maximum Gasteiger partial charge on any atom is 0.573 e. The molecule has 2 aliphatic heterocycles. The van der Waals surface area contributed by atoms with Gasteiger partial charge in [-0.1, -0.05) is 29.8 Å². The van der Waals surface area contributed by atoms with Crippen LogP contribution >= 0.6 is 23.2 Å². The molecule has 1 saturated carbocycles. The number of alkyl halides is 5. The Hall–Kier alpha value is -5.68. The van der Waals surface area contributed by atoms with Crippen molar-refractivity contribution in [3.8, 4) is 11.5 Å². The Bertz CT molecular complexity index is 2460. The molecule has 4 aromatic rings. The maximum absolute atomic E-state index is 15.3. The summed E-state index contributed by atoms with van der Waals surface area (Å²) in [6, 6.07) is 17.2. The van der Waals surface area contributed by atoms with Crippen molar-refractivity contribution >= 4 is 69.6 Å². The molecule has 0 radical (unpaired) electrons. The van der Waals surface area contributed by atoms with Crippen LogP contribution in [0.25, 0.3) is 0 Å². The van der Waals surface area contributed by atoms with Crippen LogP contribution in [0.2, 0.25) is 0 Å². The molecule has 4 aromatic carbocycles. The number of nitrogens with one attached hydrogen (secondary N) is 1. The number of para-hydroxylation sites is 1. The number of nitrogens with zero attached hydrogens (tertiary/aromatic N) is 2. The quantitative estimate of drug-likeness (QED) is 0.0500. The third-order valence-corrected chi connectivity index (χ3v) is 12.4. The summed E-state index contributed by atoms with van der Waals surface area (Å²) in [7, 11) is 0. The fourth-order valence-electron chi connectivity index (χ4n) is 8.51. The van der Waals surface area contributed by atoms with Crippen molar-refractivity contribution in [3.63, 3.8) is 0 Å². The van der Waals surface area contributed by atoms with Crippen molar-refractivity contribution in [1.29, 1.82) is 0 Å². The van der Waals surface area contributed by atoms with E-state index in [1.54, 1.807) is 36.4 Å². The zero-order valence-electron chi connectivity index (χ0n) is 28.9. The van der Waals surface area contributed by atoms with E-state index in [-0.39, 0.29) is 17.7 Å². The van der Waals surface area contributed by atoms with Crippen LogP contribution in [-0.2, 0) is 19.2 Å². The molecule has 4 amide bonds. The lowest BCUT2D eigenvalue weighted by Gasteiger charge is -2.50. The molecule has 2 saturated heterocycles. The van der Waals surface area contributed by atoms with Crippen molar-refractivity contribution in [3.05, 3.63) is 119 Å². The number of allylic oxidation sites excluding steroid dienone is 2. The highest BCUT2D eigenvalue weighted by Gasteiger charge is 2.77. The summed E-state index contributed by atoms with van der Waals surface area (Å²) in [4.78, 5) is 51.6. The van der Waals surface area contributed by atoms with E-state index in [2.05, 4.69) is 10.1 Å². The van der Waals surface area contributed by atoms with Crippen molar-refractivity contribution in [2.45, 2.75) is 34.9 Å². The van der Waals surface area contributed by atoms with Gasteiger partial charge in [0.05, 0.1) is 17.5 Å². The van der Waals surface area contributed by atoms with E-state index in [1.165, 1.54) is 18.2 Å². The number of anilines is 4. The van der Waals surface area contributed by atoms with Crippen molar-refractivity contribution in [2.24, 2.45) is 17.8 Å². The first-order chi connectivity index (χ1) is 27.3. The second-order valence-corrected chi connectivity index (χ2v) is 15.3. The number of rotatable bonds is 6. The standard InChI is InChI=1S/C39H23Cl2F8N3O6/c40-37-15-23-20(11-12-21-25(23)34(55)51(33(21)54)18-8-6-17(7-9-18)50-16-4-2-1-3-5-16)26(22-14-19(10-13-24(22)53)58-39(47,48)49)38(37,41)36(57)52(35(37)56)32-30(45)28(43)27(42)29(44)31(32)46/h1-11,13-14,21,23,25-26,50,53H,12,15H2/t21-,23+,25-,26+,37+,38-/m0/s1. The number of halogens is 10. The smallest absolute Gasteiger partial charge is 0.508 e. The van der Waals surface area contributed by atoms with Gasteiger partial charge in [0.25, 0.3) is 11.8 Å². The van der Waals surface area contributed by atoms with Gasteiger partial charge in [-0.25, -0.2) is 26.9 Å². The minimum atomic E-state index is -5.30. The summed E-state index contributed by atoms with van der Waals surface area (Å²) < 4.78 is 118. The highest BCUT2D eigenvalue weighted by Crippen LogP contribution is 2.67. The Morgan fingerprint density at radius 3 is 1.97 bits per heavy atom. The molecule has 0 bridgehead atoms. The molecular weight excluding hydrogens is 829 g/mol. The molecule has 2 heterocycles. The Labute approximate surface area is 331 Å². The predicted molar refractivity (Wildman–Crippen MR) is 190 cm³/mol. The van der Waals surface area contributed by atoms with Crippen molar-refractivity contribution in [2.75, 3.05) is 15.1 Å². The van der Waals surface area contributed by atoms with Crippen LogP contribution in [0.15, 0.2) is 84.4 Å². The molecule has 19 heteroatoms. The lowest BCUT2D eigenvalue weighted by Crippen LogP contribution is -2.60. The Morgan fingerprint density at radius 2 is 1.34 bits per heavy atom. The van der Waals surface area contributed by atoms with Crippen LogP contribution in [0, 0.1) is 46.8 Å². The number of hydrogen-bond acceptors (Lipinski definition) is 7. The lowest BCUT2D eigenvalue weighted by molar-refractivity contribution is -0.274. The topological polar surface area (TPSA) is 116 Å². The summed E-state index contributed by atoms with van der Waals surface area (Å²) in [5.74, 6) is -26.0. The van der Waals surface area contributed by atoms with Crippen molar-refractivity contribution < 1.29 is 64.1 Å². The highest BCUT2D eigenvalue weighted by molar-refractivity contribution is 6.58. The molecule has 2 N–H and O–H groups in total. The van der Waals surface area contributed by atoms with E-state index in [9.17, 15) is 50.6 Å². The van der Waals surface area contributed by atoms with Gasteiger partial charge in [-0.05, 0) is 73.4 Å². The van der Waals surface area contributed by atoms with E-state index in [0.29, 0.717) is 23.9 Å². The fraction of sp³-hybridized carbons (Fsp3) is 0.231. The lowest BCUT2D eigenvalue weighted by atomic mass is 9.56. The molecule has 0 spiro atoms. The zero-order valence-corrected chi connectivity index (χ0v) is 30.4. The molecule has 3 fully saturated rings. The summed E-state index contributed by atoms with van der Waals surface area (Å²) >= 11 is 14.1. The number of phenolic OH excluding ortho intramolecular Hbond substituents is 1. The number of ether oxygens (including phenoxy) is 1. The van der Waals surface area contributed by atoms with Gasteiger partial charge < -0.3 is 15.2 Å². The summed E-state index contributed by atoms with van der Waals surface area (Å²) in [6.45, 7) is 0. The first kappa shape index (κ1) is 39.2. The van der Waals surface area contributed by atoms with Crippen LogP contribution < -0.4 is 19.9 Å². The zero-order chi connectivity index (χ0) is 41.8. The highest BCUT2D eigenvalue weighted by atomic mass is 35.5. The molecule has 8 rings (SSSR count). The first-order valence-electron chi connectivity index (χ1n) is 17.2. The van der Waals surface area contributed by atoms with Crippen LogP contribution in [0.3, 0.4) is 0 Å². The maximum atomic E-state index is 15.3. The van der Waals surface area contributed by atoms with Crippen molar-refractivity contribution in [1.82, 2.24) is 0 Å². The number of phenols is 1. The SMILES string of the molecule is O=C1[C@H]2[C@H](CC=C3[C@H]2C[C@@]2(Cl)C(=O)N(c4c(F)c(F)c(F)c(F)c4F)C(=O)[C@@]2(Cl)[C@H]3c2cc(OC(F)(F)F)ccc2O)C(=O)N1c1ccc(Nc2ccccc2)cc1. The van der Waals surface area contributed by atoms with Gasteiger partial charge in [0.15, 0.2) is 33.0 Å². The molecule has 0 unspecified atom stereocenters. The minimum Gasteiger partial charge on any atom is -0.508 e. The monoisotopic (exact) mass is 851 g/mol. The molecule has 0 aromatic heterocycles. The van der Waals surface area contributed by atoms with Gasteiger partial charge in [0, 0.05) is 22.9 Å². The Balaban J connectivity index is 1.26. The number of carbonyl (C=O) groups excluding carboxylic acids is 4. The van der Waals surface area contributed by atoms with E-state index >= 15 is 8.78 Å². The molecule has 6 atom stereocenters. The van der Waals surface area contributed by atoms with Gasteiger partial charge in [0.1, 0.15) is 17.2 Å². The molecule has 9 nitrogen and oxygen atoms in total. The van der Waals surface area contributed by atoms with E-state index in [0.717, 1.165) is 10.6 Å². The third-order valence-electron chi connectivity index (χ3n) is 11.0. The number of imide groups is 2. The number of fused-ring (bicyclic) bond motifs is 4. The average molecular weight is 853 g/mol. The first-order valence-corrected chi connectivity index (χ1v) is 17.9. The number of benzene rings is 4. The summed E-state index contributed by atoms with van der Waals surface area (Å²) in [5, 5.41) is 14.3. The minimum absolute atomic E-state index is 0.0993. The molecule has 2 aliphatic carbocycles. The van der Waals surface area contributed by atoms with Crippen LogP contribution in [0.5, 0.6) is 11.5 Å². The van der Waals surface area contributed by atoms with Gasteiger partial charge in [0.2, 0.25) is 17.6 Å². The van der Waals surface area contributed by atoms with Crippen LogP contribution in [-0.4, -0.2) is 44.8 Å². The van der Waals surface area contributed by atoms with Gasteiger partial charge in [-0.3, -0.25) is 24.1 Å². The fourth-order valence-corrected chi connectivity index (χ4v) is 9.44. The number of amides is 4. The number of aromatic hydroxyl groups is 1. The Kier molecular flexibility index (Phi) is 9.08. The number of carbonyl (C=O) groups is 4. The van der Waals surface area contributed by atoms with Gasteiger partial charge >= 0.3 is 6.36 Å². The second-order valence-electron chi connectivity index (χ2n) is 14.0. The average Bonchev–Trinajstić information content (AvgIpc) is 3.52. The molecular formula is C39H23Cl2F8N3O6. The summed E-state index contributed by atoms with van der Waals surface area (Å²) in [6.07, 6.45) is -5.10. The van der Waals surface area contributed by atoms with Gasteiger partial charge in [-0.2, -0.15) is 0 Å². The van der Waals surface area contributed by atoms with E-state index in [1.807, 2.05) is 6.07 Å². The van der Waals surface area contributed by atoms with Crippen LogP contribution in [0.1, 0.15) is 24.3 Å². The summed E-state index contributed by atoms with van der Waals surface area (Å²) in [5.41, 5.74) is -1.35. The van der Waals surface area contributed by atoms with E-state index in [4.69, 9.17) is 23.2 Å². The predicted octanol–water partition coefficient (Wildman–Crippen LogP) is 8.50. The normalized spacial score (nSPS) is 26.7. The number of hydrogen-bond donors (Lipinski definition) is 2. The van der Waals surface area contributed by atoms with E-state index < -0.39 is 127 Å². The second kappa shape index (κ2) is 13.4. The largest absolute Gasteiger partial charge is 0.573 e.